The van der Waals surface area contributed by atoms with Crippen molar-refractivity contribution in [3.63, 3.8) is 0 Å². The molecule has 19 heavy (non-hydrogen) atoms. The predicted molar refractivity (Wildman–Crippen MR) is 84.8 cm³/mol. The third-order valence-corrected chi connectivity index (χ3v) is 4.38. The fourth-order valence-corrected chi connectivity index (χ4v) is 3.33. The molecule has 0 bridgehead atoms. The Balaban J connectivity index is 1.77. The van der Waals surface area contributed by atoms with Gasteiger partial charge in [0.15, 0.2) is 0 Å². The second-order valence-electron chi connectivity index (χ2n) is 5.97. The van der Waals surface area contributed by atoms with E-state index in [0.717, 1.165) is 5.92 Å². The number of hydrogen-bond acceptors (Lipinski definition) is 1. The Bertz CT molecular complexity index is 327. The van der Waals surface area contributed by atoms with Crippen molar-refractivity contribution < 1.29 is 0 Å². The zero-order chi connectivity index (χ0) is 13.3. The lowest BCUT2D eigenvalue weighted by molar-refractivity contribution is 0.333. The zero-order valence-corrected chi connectivity index (χ0v) is 12.5. The van der Waals surface area contributed by atoms with E-state index in [1.165, 1.54) is 70.1 Å². The van der Waals surface area contributed by atoms with E-state index < -0.39 is 0 Å². The van der Waals surface area contributed by atoms with Crippen LogP contribution < -0.4 is 4.90 Å². The van der Waals surface area contributed by atoms with Crippen LogP contribution in [0.25, 0.3) is 0 Å². The van der Waals surface area contributed by atoms with E-state index in [1.807, 2.05) is 0 Å². The SMILES string of the molecule is CCCN(CCCC1CCCCC1)c1ccccc1. The first-order valence-corrected chi connectivity index (χ1v) is 8.20. The van der Waals surface area contributed by atoms with Gasteiger partial charge in [0.2, 0.25) is 0 Å². The maximum Gasteiger partial charge on any atom is 0.0366 e. The van der Waals surface area contributed by atoms with E-state index in [9.17, 15) is 0 Å². The highest BCUT2D eigenvalue weighted by Crippen LogP contribution is 2.27. The summed E-state index contributed by atoms with van der Waals surface area (Å²) in [5.41, 5.74) is 1.40. The van der Waals surface area contributed by atoms with Crippen LogP contribution in [0.4, 0.5) is 5.69 Å². The summed E-state index contributed by atoms with van der Waals surface area (Å²) >= 11 is 0. The number of anilines is 1. The van der Waals surface area contributed by atoms with Gasteiger partial charge in [-0.15, -0.1) is 0 Å². The Morgan fingerprint density at radius 2 is 1.74 bits per heavy atom. The smallest absolute Gasteiger partial charge is 0.0366 e. The molecule has 0 amide bonds. The van der Waals surface area contributed by atoms with Gasteiger partial charge in [-0.25, -0.2) is 0 Å². The van der Waals surface area contributed by atoms with E-state index in [0.29, 0.717) is 0 Å². The molecular weight excluding hydrogens is 230 g/mol. The quantitative estimate of drug-likeness (QED) is 0.645. The summed E-state index contributed by atoms with van der Waals surface area (Å²) in [6, 6.07) is 10.9. The molecule has 0 heterocycles. The average Bonchev–Trinajstić information content (AvgIpc) is 2.48. The average molecular weight is 259 g/mol. The van der Waals surface area contributed by atoms with Crippen molar-refractivity contribution in [1.29, 1.82) is 0 Å². The predicted octanol–water partition coefficient (Wildman–Crippen LogP) is 5.26. The molecule has 0 aromatic heterocycles. The molecule has 2 rings (SSSR count). The summed E-state index contributed by atoms with van der Waals surface area (Å²) in [6.45, 7) is 4.69. The third kappa shape index (κ3) is 4.89. The molecule has 1 aliphatic carbocycles. The van der Waals surface area contributed by atoms with E-state index in [1.54, 1.807) is 0 Å². The van der Waals surface area contributed by atoms with Gasteiger partial charge in [0.1, 0.15) is 0 Å². The minimum absolute atomic E-state index is 1.02. The Labute approximate surface area is 119 Å². The van der Waals surface area contributed by atoms with Crippen molar-refractivity contribution >= 4 is 5.69 Å². The number of hydrogen-bond donors (Lipinski definition) is 0. The topological polar surface area (TPSA) is 3.24 Å². The second kappa shape index (κ2) is 8.24. The lowest BCUT2D eigenvalue weighted by Gasteiger charge is -2.26. The number of para-hydroxylation sites is 1. The third-order valence-electron chi connectivity index (χ3n) is 4.38. The lowest BCUT2D eigenvalue weighted by atomic mass is 9.86. The van der Waals surface area contributed by atoms with Gasteiger partial charge in [-0.05, 0) is 37.3 Å². The summed E-state index contributed by atoms with van der Waals surface area (Å²) < 4.78 is 0. The van der Waals surface area contributed by atoms with Gasteiger partial charge in [0.25, 0.3) is 0 Å². The van der Waals surface area contributed by atoms with Crippen LogP contribution in [0.3, 0.4) is 0 Å². The molecule has 0 radical (unpaired) electrons. The summed E-state index contributed by atoms with van der Waals surface area (Å²) in [7, 11) is 0. The molecule has 1 saturated carbocycles. The Hall–Kier alpha value is -0.980. The monoisotopic (exact) mass is 259 g/mol. The highest BCUT2D eigenvalue weighted by molar-refractivity contribution is 5.45. The van der Waals surface area contributed by atoms with Gasteiger partial charge in [-0.1, -0.05) is 57.2 Å². The summed E-state index contributed by atoms with van der Waals surface area (Å²) in [6.07, 6.45) is 11.4. The first-order chi connectivity index (χ1) is 9.40. The Kier molecular flexibility index (Phi) is 6.26. The van der Waals surface area contributed by atoms with E-state index in [-0.39, 0.29) is 0 Å². The second-order valence-corrected chi connectivity index (χ2v) is 5.97. The Morgan fingerprint density at radius 3 is 2.42 bits per heavy atom. The van der Waals surface area contributed by atoms with E-state index >= 15 is 0 Å². The molecule has 1 fully saturated rings. The molecule has 0 unspecified atom stereocenters. The van der Waals surface area contributed by atoms with Gasteiger partial charge in [-0.3, -0.25) is 0 Å². The van der Waals surface area contributed by atoms with Crippen LogP contribution in [0, 0.1) is 5.92 Å². The fraction of sp³-hybridized carbons (Fsp3) is 0.667. The molecule has 1 aliphatic rings. The number of benzene rings is 1. The summed E-state index contributed by atoms with van der Waals surface area (Å²) in [5, 5.41) is 0. The molecule has 0 N–H and O–H groups in total. The van der Waals surface area contributed by atoms with Crippen LogP contribution in [0.15, 0.2) is 30.3 Å². The number of nitrogens with zero attached hydrogens (tertiary/aromatic N) is 1. The van der Waals surface area contributed by atoms with Crippen LogP contribution in [0.5, 0.6) is 0 Å². The molecule has 0 saturated heterocycles. The van der Waals surface area contributed by atoms with Crippen molar-refractivity contribution in [3.05, 3.63) is 30.3 Å². The van der Waals surface area contributed by atoms with Crippen LogP contribution >= 0.6 is 0 Å². The highest BCUT2D eigenvalue weighted by atomic mass is 15.1. The maximum atomic E-state index is 2.56. The number of rotatable bonds is 7. The van der Waals surface area contributed by atoms with Gasteiger partial charge >= 0.3 is 0 Å². The summed E-state index contributed by atoms with van der Waals surface area (Å²) in [5.74, 6) is 1.02. The van der Waals surface area contributed by atoms with E-state index in [2.05, 4.69) is 42.2 Å². The van der Waals surface area contributed by atoms with Crippen LogP contribution in [-0.4, -0.2) is 13.1 Å². The van der Waals surface area contributed by atoms with Crippen molar-refractivity contribution in [2.45, 2.75) is 58.3 Å². The lowest BCUT2D eigenvalue weighted by Crippen LogP contribution is -2.25. The van der Waals surface area contributed by atoms with Crippen LogP contribution in [0.2, 0.25) is 0 Å². The molecule has 0 atom stereocenters. The van der Waals surface area contributed by atoms with Gasteiger partial charge in [-0.2, -0.15) is 0 Å². The van der Waals surface area contributed by atoms with E-state index in [4.69, 9.17) is 0 Å². The summed E-state index contributed by atoms with van der Waals surface area (Å²) in [4.78, 5) is 2.56. The Morgan fingerprint density at radius 1 is 1.00 bits per heavy atom. The van der Waals surface area contributed by atoms with Gasteiger partial charge in [0.05, 0.1) is 0 Å². The van der Waals surface area contributed by atoms with Crippen molar-refractivity contribution in [2.24, 2.45) is 5.92 Å². The largest absolute Gasteiger partial charge is 0.372 e. The minimum atomic E-state index is 1.02. The molecule has 1 aromatic rings. The highest BCUT2D eigenvalue weighted by Gasteiger charge is 2.13. The van der Waals surface area contributed by atoms with Crippen molar-refractivity contribution in [2.75, 3.05) is 18.0 Å². The molecular formula is C18H29N. The molecule has 106 valence electrons. The molecule has 0 spiro atoms. The molecule has 1 nitrogen and oxygen atoms in total. The first kappa shape index (κ1) is 14.4. The minimum Gasteiger partial charge on any atom is -0.372 e. The van der Waals surface area contributed by atoms with Crippen LogP contribution in [-0.2, 0) is 0 Å². The molecule has 1 heteroatoms. The fourth-order valence-electron chi connectivity index (χ4n) is 3.33. The van der Waals surface area contributed by atoms with Gasteiger partial charge < -0.3 is 4.90 Å². The maximum absolute atomic E-state index is 2.56. The van der Waals surface area contributed by atoms with Gasteiger partial charge in [0, 0.05) is 18.8 Å². The standard InChI is InChI=1S/C18H29N/c1-2-15-19(18-13-7-4-8-14-18)16-9-12-17-10-5-3-6-11-17/h4,7-8,13-14,17H,2-3,5-6,9-12,15-16H2,1H3. The molecule has 1 aromatic carbocycles. The van der Waals surface area contributed by atoms with Crippen molar-refractivity contribution in [3.8, 4) is 0 Å². The zero-order valence-electron chi connectivity index (χ0n) is 12.5. The first-order valence-electron chi connectivity index (χ1n) is 8.20. The normalized spacial score (nSPS) is 16.5. The van der Waals surface area contributed by atoms with Crippen molar-refractivity contribution in [1.82, 2.24) is 0 Å². The molecule has 0 aliphatic heterocycles. The van der Waals surface area contributed by atoms with Crippen LogP contribution in [0.1, 0.15) is 58.3 Å².